The minimum Gasteiger partial charge on any atom is -0.744 e. The largest absolute Gasteiger partial charge is 0.744 e. The summed E-state index contributed by atoms with van der Waals surface area (Å²) in [5.41, 5.74) is -3.38. The third-order valence-electron chi connectivity index (χ3n) is 2.16. The molecule has 0 atom stereocenters. The third-order valence-corrected chi connectivity index (χ3v) is 3.02. The van der Waals surface area contributed by atoms with E-state index in [-0.39, 0.29) is 12.1 Å². The Morgan fingerprint density at radius 2 is 1.81 bits per heavy atom. The summed E-state index contributed by atoms with van der Waals surface area (Å²) < 4.78 is 75.2. The first-order chi connectivity index (χ1) is 9.35. The summed E-state index contributed by atoms with van der Waals surface area (Å²) in [5, 5.41) is 8.82. The van der Waals surface area contributed by atoms with Gasteiger partial charge in [0.1, 0.15) is 15.7 Å². The van der Waals surface area contributed by atoms with Crippen LogP contribution in [0.15, 0.2) is 17.0 Å². The molecule has 0 aliphatic rings. The van der Waals surface area contributed by atoms with Crippen molar-refractivity contribution in [2.75, 3.05) is 0 Å². The van der Waals surface area contributed by atoms with Crippen LogP contribution in [-0.2, 0) is 21.1 Å². The zero-order chi connectivity index (χ0) is 16.6. The second-order valence-corrected chi connectivity index (χ2v) is 5.01. The fourth-order valence-electron chi connectivity index (χ4n) is 1.45. The number of carboxylic acids is 1. The number of esters is 1. The number of carbonyl (C=O) groups is 2. The fraction of sp³-hybridized carbons (Fsp3) is 0.200. The molecule has 1 rings (SSSR count). The van der Waals surface area contributed by atoms with Gasteiger partial charge in [-0.15, -0.1) is 0 Å². The lowest BCUT2D eigenvalue weighted by Gasteiger charge is -2.18. The summed E-state index contributed by atoms with van der Waals surface area (Å²) in [4.78, 5) is 20.4. The maximum atomic E-state index is 12.7. The Morgan fingerprint density at radius 3 is 2.14 bits per heavy atom. The summed E-state index contributed by atoms with van der Waals surface area (Å²) in [7, 11) is -5.36. The SMILES string of the molecule is CC(=O)Oc1c(S(=O)(=O)[O-])ccc(C(F)(F)F)c1C(=O)O. The molecule has 0 radical (unpaired) electrons. The molecule has 0 aliphatic heterocycles. The molecule has 1 aromatic rings. The molecule has 21 heavy (non-hydrogen) atoms. The van der Waals surface area contributed by atoms with E-state index < -0.39 is 50.0 Å². The quantitative estimate of drug-likeness (QED) is 0.503. The van der Waals surface area contributed by atoms with Gasteiger partial charge in [-0.2, -0.15) is 13.2 Å². The number of ether oxygens (including phenoxy) is 1. The van der Waals surface area contributed by atoms with Crippen LogP contribution in [0.3, 0.4) is 0 Å². The number of aromatic carboxylic acids is 1. The van der Waals surface area contributed by atoms with Crippen LogP contribution in [0.1, 0.15) is 22.8 Å². The maximum absolute atomic E-state index is 12.7. The molecule has 0 aromatic heterocycles. The van der Waals surface area contributed by atoms with E-state index >= 15 is 0 Å². The van der Waals surface area contributed by atoms with Crippen molar-refractivity contribution in [1.82, 2.24) is 0 Å². The number of carboxylic acid groups (broad SMARTS) is 1. The van der Waals surface area contributed by atoms with E-state index in [1.165, 1.54) is 0 Å². The second kappa shape index (κ2) is 5.33. The highest BCUT2D eigenvalue weighted by molar-refractivity contribution is 7.85. The minimum absolute atomic E-state index is 0.112. The molecule has 0 spiro atoms. The highest BCUT2D eigenvalue weighted by Crippen LogP contribution is 2.39. The zero-order valence-electron chi connectivity index (χ0n) is 10.1. The lowest BCUT2D eigenvalue weighted by molar-refractivity contribution is -0.139. The van der Waals surface area contributed by atoms with Gasteiger partial charge in [0, 0.05) is 6.92 Å². The monoisotopic (exact) mass is 327 g/mol. The molecule has 0 saturated heterocycles. The summed E-state index contributed by atoms with van der Waals surface area (Å²) in [6, 6.07) is 0.344. The average Bonchev–Trinajstić information content (AvgIpc) is 2.23. The zero-order valence-corrected chi connectivity index (χ0v) is 10.9. The average molecular weight is 327 g/mol. The van der Waals surface area contributed by atoms with Crippen molar-refractivity contribution in [2.45, 2.75) is 18.0 Å². The van der Waals surface area contributed by atoms with E-state index in [4.69, 9.17) is 5.11 Å². The van der Waals surface area contributed by atoms with Crippen LogP contribution in [0, 0.1) is 0 Å². The van der Waals surface area contributed by atoms with Gasteiger partial charge in [-0.05, 0) is 12.1 Å². The molecule has 0 fully saturated rings. The number of benzene rings is 1. The van der Waals surface area contributed by atoms with Crippen LogP contribution >= 0.6 is 0 Å². The fourth-order valence-corrected chi connectivity index (χ4v) is 2.06. The summed E-state index contributed by atoms with van der Waals surface area (Å²) in [6.07, 6.45) is -5.16. The summed E-state index contributed by atoms with van der Waals surface area (Å²) in [6.45, 7) is 0.701. The molecule has 0 bridgehead atoms. The van der Waals surface area contributed by atoms with Gasteiger partial charge in [-0.25, -0.2) is 13.2 Å². The highest BCUT2D eigenvalue weighted by Gasteiger charge is 2.39. The van der Waals surface area contributed by atoms with Crippen molar-refractivity contribution >= 4 is 22.1 Å². The number of hydrogen-bond acceptors (Lipinski definition) is 6. The minimum atomic E-state index is -5.36. The second-order valence-electron chi connectivity index (χ2n) is 3.67. The van der Waals surface area contributed by atoms with Crippen molar-refractivity contribution in [2.24, 2.45) is 0 Å². The molecule has 0 amide bonds. The Labute approximate surface area is 115 Å². The van der Waals surface area contributed by atoms with Crippen molar-refractivity contribution in [3.05, 3.63) is 23.3 Å². The first kappa shape index (κ1) is 16.9. The standard InChI is InChI=1S/C10H7F3O7S/c1-4(14)20-8-6(21(17,18)19)3-2-5(10(11,12)13)7(8)9(15)16/h2-3H,1H3,(H,15,16)(H,17,18,19)/p-1. The van der Waals surface area contributed by atoms with E-state index in [9.17, 15) is 35.7 Å². The third kappa shape index (κ3) is 3.70. The van der Waals surface area contributed by atoms with Crippen LogP contribution in [-0.4, -0.2) is 30.0 Å². The van der Waals surface area contributed by atoms with E-state index in [0.29, 0.717) is 6.92 Å². The molecule has 7 nitrogen and oxygen atoms in total. The number of alkyl halides is 3. The van der Waals surface area contributed by atoms with Gasteiger partial charge < -0.3 is 14.4 Å². The predicted octanol–water partition coefficient (Wildman–Crippen LogP) is 1.23. The highest BCUT2D eigenvalue weighted by atomic mass is 32.2. The van der Waals surface area contributed by atoms with Gasteiger partial charge >= 0.3 is 18.1 Å². The number of hydrogen-bond donors (Lipinski definition) is 1. The topological polar surface area (TPSA) is 121 Å². The van der Waals surface area contributed by atoms with Gasteiger partial charge in [0.15, 0.2) is 5.75 Å². The lowest BCUT2D eigenvalue weighted by Crippen LogP contribution is -2.18. The Kier molecular flexibility index (Phi) is 4.29. The van der Waals surface area contributed by atoms with E-state index in [2.05, 4.69) is 4.74 Å². The number of rotatable bonds is 3. The van der Waals surface area contributed by atoms with Crippen LogP contribution in [0.4, 0.5) is 13.2 Å². The molecule has 1 N–H and O–H groups in total. The smallest absolute Gasteiger partial charge is 0.417 e. The van der Waals surface area contributed by atoms with Gasteiger partial charge in [0.2, 0.25) is 0 Å². The Bertz CT molecular complexity index is 706. The summed E-state index contributed by atoms with van der Waals surface area (Å²) in [5.74, 6) is -4.95. The van der Waals surface area contributed by atoms with Crippen molar-refractivity contribution in [3.63, 3.8) is 0 Å². The van der Waals surface area contributed by atoms with Crippen molar-refractivity contribution in [3.8, 4) is 5.75 Å². The Balaban J connectivity index is 3.88. The first-order valence-electron chi connectivity index (χ1n) is 4.97. The molecule has 11 heteroatoms. The molecule has 0 heterocycles. The van der Waals surface area contributed by atoms with Gasteiger partial charge in [-0.3, -0.25) is 4.79 Å². The normalized spacial score (nSPS) is 12.0. The van der Waals surface area contributed by atoms with Crippen LogP contribution in [0.25, 0.3) is 0 Å². The van der Waals surface area contributed by atoms with Gasteiger partial charge in [-0.1, -0.05) is 0 Å². The molecular weight excluding hydrogens is 321 g/mol. The molecular formula is C10H6F3O7S-. The Hall–Kier alpha value is -2.14. The van der Waals surface area contributed by atoms with Gasteiger partial charge in [0.05, 0.1) is 10.5 Å². The maximum Gasteiger partial charge on any atom is 0.417 e. The van der Waals surface area contributed by atoms with Crippen LogP contribution in [0.5, 0.6) is 5.75 Å². The Morgan fingerprint density at radius 1 is 1.29 bits per heavy atom. The lowest BCUT2D eigenvalue weighted by atomic mass is 10.1. The van der Waals surface area contributed by atoms with E-state index in [1.54, 1.807) is 0 Å². The van der Waals surface area contributed by atoms with Crippen molar-refractivity contribution in [1.29, 1.82) is 0 Å². The molecule has 0 unspecified atom stereocenters. The first-order valence-corrected chi connectivity index (χ1v) is 6.38. The number of carbonyl (C=O) groups excluding carboxylic acids is 1. The molecule has 0 aliphatic carbocycles. The van der Waals surface area contributed by atoms with Crippen LogP contribution in [0.2, 0.25) is 0 Å². The van der Waals surface area contributed by atoms with Crippen LogP contribution < -0.4 is 4.74 Å². The van der Waals surface area contributed by atoms with E-state index in [0.717, 1.165) is 0 Å². The van der Waals surface area contributed by atoms with E-state index in [1.807, 2.05) is 0 Å². The van der Waals surface area contributed by atoms with Crippen molar-refractivity contribution < 1.29 is 45.6 Å². The predicted molar refractivity (Wildman–Crippen MR) is 57.7 cm³/mol. The molecule has 1 aromatic carbocycles. The molecule has 116 valence electrons. The number of halogens is 3. The summed E-state index contributed by atoms with van der Waals surface area (Å²) >= 11 is 0. The van der Waals surface area contributed by atoms with Gasteiger partial charge in [0.25, 0.3) is 0 Å². The molecule has 0 saturated carbocycles.